The number of amides is 1. The van der Waals surface area contributed by atoms with E-state index in [-0.39, 0.29) is 11.7 Å². The minimum absolute atomic E-state index is 0.145. The Morgan fingerprint density at radius 3 is 2.95 bits per heavy atom. The molecule has 1 aliphatic rings. The van der Waals surface area contributed by atoms with E-state index in [1.54, 1.807) is 4.90 Å². The first-order valence-corrected chi connectivity index (χ1v) is 7.33. The van der Waals surface area contributed by atoms with Gasteiger partial charge in [0.05, 0.1) is 0 Å². The normalized spacial score (nSPS) is 19.0. The molecule has 7 nitrogen and oxygen atoms in total. The number of piperidine rings is 1. The van der Waals surface area contributed by atoms with Crippen molar-refractivity contribution in [2.45, 2.75) is 32.7 Å². The van der Waals surface area contributed by atoms with Crippen LogP contribution in [-0.4, -0.2) is 46.4 Å². The molecule has 116 valence electrons. The zero-order chi connectivity index (χ0) is 15.4. The Balaban J connectivity index is 1.96. The summed E-state index contributed by atoms with van der Waals surface area (Å²) in [6.07, 6.45) is 2.08. The van der Waals surface area contributed by atoms with Gasteiger partial charge in [0, 0.05) is 25.2 Å². The third kappa shape index (κ3) is 4.04. The smallest absolute Gasteiger partial charge is 0.321 e. The van der Waals surface area contributed by atoms with Gasteiger partial charge in [-0.2, -0.15) is 0 Å². The number of nitrogens with one attached hydrogen (secondary N) is 2. The highest BCUT2D eigenvalue weighted by Crippen LogP contribution is 2.19. The molecule has 2 rings (SSSR count). The molecule has 2 heterocycles. The van der Waals surface area contributed by atoms with E-state index < -0.39 is 4.92 Å². The van der Waals surface area contributed by atoms with Crippen LogP contribution < -0.4 is 5.32 Å². The maximum atomic E-state index is 12.4. The quantitative estimate of drug-likeness (QED) is 0.639. The summed E-state index contributed by atoms with van der Waals surface area (Å²) in [5.41, 5.74) is 0.291. The molecule has 1 aromatic rings. The molecule has 1 atom stereocenters. The minimum Gasteiger partial charge on any atom is -0.358 e. The van der Waals surface area contributed by atoms with E-state index in [0.717, 1.165) is 19.4 Å². The molecule has 1 saturated heterocycles. The lowest BCUT2D eigenvalue weighted by Gasteiger charge is -2.32. The first kappa shape index (κ1) is 15.5. The fourth-order valence-electron chi connectivity index (χ4n) is 2.60. The average molecular weight is 294 g/mol. The van der Waals surface area contributed by atoms with E-state index in [2.05, 4.69) is 24.1 Å². The van der Waals surface area contributed by atoms with Crippen LogP contribution >= 0.6 is 0 Å². The monoisotopic (exact) mass is 294 g/mol. The largest absolute Gasteiger partial charge is 0.358 e. The summed E-state index contributed by atoms with van der Waals surface area (Å²) < 4.78 is 0. The Morgan fingerprint density at radius 2 is 2.33 bits per heavy atom. The van der Waals surface area contributed by atoms with Crippen molar-refractivity contribution in [3.8, 4) is 0 Å². The van der Waals surface area contributed by atoms with Crippen LogP contribution in [0.2, 0.25) is 0 Å². The molecule has 7 heteroatoms. The molecule has 1 aromatic heterocycles. The summed E-state index contributed by atoms with van der Waals surface area (Å²) in [6.45, 7) is 6.51. The van der Waals surface area contributed by atoms with Gasteiger partial charge in [-0.25, -0.2) is 4.98 Å². The summed E-state index contributed by atoms with van der Waals surface area (Å²) in [5, 5.41) is 14.1. The zero-order valence-electron chi connectivity index (χ0n) is 12.5. The fourth-order valence-corrected chi connectivity index (χ4v) is 2.60. The Hall–Kier alpha value is -1.89. The summed E-state index contributed by atoms with van der Waals surface area (Å²) >= 11 is 0. The molecule has 0 aliphatic carbocycles. The number of nitro groups is 1. The van der Waals surface area contributed by atoms with Gasteiger partial charge in [-0.1, -0.05) is 13.8 Å². The molecular weight excluding hydrogens is 272 g/mol. The molecular formula is C14H22N4O3. The van der Waals surface area contributed by atoms with Gasteiger partial charge >= 0.3 is 5.82 Å². The van der Waals surface area contributed by atoms with Crippen molar-refractivity contribution in [1.82, 2.24) is 15.2 Å². The van der Waals surface area contributed by atoms with Crippen LogP contribution in [-0.2, 0) is 0 Å². The van der Waals surface area contributed by atoms with Crippen molar-refractivity contribution >= 4 is 11.7 Å². The van der Waals surface area contributed by atoms with Crippen LogP contribution in [0.25, 0.3) is 0 Å². The number of nitrogens with zero attached hydrogens (tertiary/aromatic N) is 2. The summed E-state index contributed by atoms with van der Waals surface area (Å²) in [5.74, 6) is 0.140. The van der Waals surface area contributed by atoms with Crippen molar-refractivity contribution in [3.63, 3.8) is 0 Å². The predicted molar refractivity (Wildman–Crippen MR) is 79.2 cm³/mol. The van der Waals surface area contributed by atoms with Crippen molar-refractivity contribution in [2.24, 2.45) is 5.92 Å². The standard InChI is InChI=1S/C14H22N4O3/c1-10(2)15-8-11-4-3-7-17(9-11)14(19)12-5-6-13(16-12)18(20)21/h5-6,10-11,15-16H,3-4,7-9H2,1-2H3. The molecule has 1 fully saturated rings. The van der Waals surface area contributed by atoms with Crippen molar-refractivity contribution in [1.29, 1.82) is 0 Å². The summed E-state index contributed by atoms with van der Waals surface area (Å²) in [7, 11) is 0. The number of likely N-dealkylation sites (tertiary alicyclic amines) is 1. The van der Waals surface area contributed by atoms with E-state index in [1.165, 1.54) is 12.1 Å². The van der Waals surface area contributed by atoms with Crippen LogP contribution in [0.1, 0.15) is 37.2 Å². The van der Waals surface area contributed by atoms with E-state index >= 15 is 0 Å². The van der Waals surface area contributed by atoms with Gasteiger partial charge in [-0.05, 0) is 36.3 Å². The van der Waals surface area contributed by atoms with Gasteiger partial charge in [0.25, 0.3) is 5.91 Å². The number of carbonyl (C=O) groups excluding carboxylic acids is 1. The molecule has 0 spiro atoms. The van der Waals surface area contributed by atoms with E-state index in [4.69, 9.17) is 0 Å². The first-order chi connectivity index (χ1) is 9.97. The van der Waals surface area contributed by atoms with Crippen molar-refractivity contribution in [2.75, 3.05) is 19.6 Å². The predicted octanol–water partition coefficient (Wildman–Crippen LogP) is 1.77. The highest BCUT2D eigenvalue weighted by molar-refractivity contribution is 5.93. The molecule has 0 radical (unpaired) electrons. The molecule has 0 bridgehead atoms. The highest BCUT2D eigenvalue weighted by Gasteiger charge is 2.27. The first-order valence-electron chi connectivity index (χ1n) is 7.33. The Bertz CT molecular complexity index is 512. The molecule has 0 aromatic carbocycles. The molecule has 21 heavy (non-hydrogen) atoms. The average Bonchev–Trinajstić information content (AvgIpc) is 2.94. The number of rotatable bonds is 5. The second-order valence-electron chi connectivity index (χ2n) is 5.84. The number of aromatic nitrogens is 1. The lowest BCUT2D eigenvalue weighted by atomic mass is 9.97. The molecule has 1 aliphatic heterocycles. The molecule has 1 unspecified atom stereocenters. The van der Waals surface area contributed by atoms with Gasteiger partial charge in [-0.3, -0.25) is 4.79 Å². The van der Waals surface area contributed by atoms with Gasteiger partial charge in [0.15, 0.2) is 5.69 Å². The molecule has 0 saturated carbocycles. The Kier molecular flexibility index (Phi) is 4.95. The maximum Gasteiger partial charge on any atom is 0.321 e. The van der Waals surface area contributed by atoms with Crippen LogP contribution in [0.3, 0.4) is 0 Å². The topological polar surface area (TPSA) is 91.3 Å². The number of hydrogen-bond acceptors (Lipinski definition) is 4. The van der Waals surface area contributed by atoms with E-state index in [1.807, 2.05) is 0 Å². The second-order valence-corrected chi connectivity index (χ2v) is 5.84. The highest BCUT2D eigenvalue weighted by atomic mass is 16.6. The second kappa shape index (κ2) is 6.71. The SMILES string of the molecule is CC(C)NCC1CCCN(C(=O)c2ccc([N+](=O)[O-])[nH]2)C1. The molecule has 2 N–H and O–H groups in total. The van der Waals surface area contributed by atoms with Gasteiger partial charge in [-0.15, -0.1) is 0 Å². The summed E-state index contributed by atoms with van der Waals surface area (Å²) in [6, 6.07) is 3.24. The Morgan fingerprint density at radius 1 is 1.57 bits per heavy atom. The van der Waals surface area contributed by atoms with Crippen LogP contribution in [0, 0.1) is 16.0 Å². The number of aromatic amines is 1. The van der Waals surface area contributed by atoms with Gasteiger partial charge in [0.1, 0.15) is 0 Å². The number of H-pyrrole nitrogens is 1. The maximum absolute atomic E-state index is 12.4. The van der Waals surface area contributed by atoms with Crippen molar-refractivity contribution in [3.05, 3.63) is 27.9 Å². The van der Waals surface area contributed by atoms with E-state index in [9.17, 15) is 14.9 Å². The number of carbonyl (C=O) groups is 1. The van der Waals surface area contributed by atoms with Crippen molar-refractivity contribution < 1.29 is 9.72 Å². The zero-order valence-corrected chi connectivity index (χ0v) is 12.5. The van der Waals surface area contributed by atoms with Gasteiger partial charge in [0.2, 0.25) is 0 Å². The fraction of sp³-hybridized carbons (Fsp3) is 0.643. The number of hydrogen-bond donors (Lipinski definition) is 2. The van der Waals surface area contributed by atoms with Crippen LogP contribution in [0.15, 0.2) is 12.1 Å². The minimum atomic E-state index is -0.525. The third-order valence-electron chi connectivity index (χ3n) is 3.72. The molecule has 1 amide bonds. The van der Waals surface area contributed by atoms with Crippen LogP contribution in [0.5, 0.6) is 0 Å². The lowest BCUT2D eigenvalue weighted by Crippen LogP contribution is -2.43. The van der Waals surface area contributed by atoms with E-state index in [0.29, 0.717) is 30.7 Å². The lowest BCUT2D eigenvalue weighted by molar-refractivity contribution is -0.389. The van der Waals surface area contributed by atoms with Gasteiger partial charge < -0.3 is 20.3 Å². The summed E-state index contributed by atoms with van der Waals surface area (Å²) in [4.78, 5) is 26.9. The van der Waals surface area contributed by atoms with Crippen LogP contribution in [0.4, 0.5) is 5.82 Å². The Labute approximate surface area is 123 Å². The third-order valence-corrected chi connectivity index (χ3v) is 3.72.